The van der Waals surface area contributed by atoms with Gasteiger partial charge in [-0.3, -0.25) is 19.7 Å². The molecule has 2 aromatic carbocycles. The largest absolute Gasteiger partial charge is 0.500 e. The van der Waals surface area contributed by atoms with Crippen molar-refractivity contribution in [2.24, 2.45) is 5.10 Å². The van der Waals surface area contributed by atoms with Crippen molar-refractivity contribution in [3.8, 4) is 11.5 Å². The van der Waals surface area contributed by atoms with Crippen LogP contribution in [0, 0.1) is 10.1 Å². The number of ether oxygens (including phenoxy) is 1. The second-order valence-corrected chi connectivity index (χ2v) is 6.62. The minimum atomic E-state index is -0.757. The Morgan fingerprint density at radius 2 is 2.00 bits per heavy atom. The third-order valence-corrected chi connectivity index (χ3v) is 4.41. The van der Waals surface area contributed by atoms with Gasteiger partial charge in [-0.05, 0) is 30.7 Å². The van der Waals surface area contributed by atoms with Gasteiger partial charge < -0.3 is 14.4 Å². The Balaban J connectivity index is 1.78. The van der Waals surface area contributed by atoms with Gasteiger partial charge in [-0.2, -0.15) is 5.10 Å². The molecular weight excluding hydrogens is 416 g/mol. The summed E-state index contributed by atoms with van der Waals surface area (Å²) in [6, 6.07) is 14.7. The van der Waals surface area contributed by atoms with Gasteiger partial charge in [-0.25, -0.2) is 5.43 Å². The van der Waals surface area contributed by atoms with E-state index in [0.717, 1.165) is 17.8 Å². The number of nitrogens with one attached hydrogen (secondary N) is 1. The van der Waals surface area contributed by atoms with Crippen LogP contribution in [0.3, 0.4) is 0 Å². The highest BCUT2D eigenvalue weighted by Crippen LogP contribution is 2.36. The Bertz CT molecular complexity index is 1220. The molecule has 0 radical (unpaired) electrons. The summed E-state index contributed by atoms with van der Waals surface area (Å²) in [6.45, 7) is 2.16. The lowest BCUT2D eigenvalue weighted by molar-refractivity contribution is -0.386. The number of phenols is 1. The zero-order valence-corrected chi connectivity index (χ0v) is 17.1. The molecule has 164 valence electrons. The summed E-state index contributed by atoms with van der Waals surface area (Å²) in [5, 5.41) is 24.8. The summed E-state index contributed by atoms with van der Waals surface area (Å²) >= 11 is 0. The number of carbonyl (C=O) groups is 1. The van der Waals surface area contributed by atoms with Crippen LogP contribution < -0.4 is 15.7 Å². The number of aromatic nitrogens is 1. The van der Waals surface area contributed by atoms with Crippen molar-refractivity contribution in [3.63, 3.8) is 0 Å². The number of phenolic OH excluding ortho intramolecular Hbond substituents is 1. The fourth-order valence-corrected chi connectivity index (χ4v) is 2.93. The highest BCUT2D eigenvalue weighted by Gasteiger charge is 2.20. The standard InChI is InChI=1S/C22H20N4O6/c1-2-32-19-12-16(11-18(20(19)27)26(30)31)13-23-24-21(28)17-9-6-10-25(22(17)29)14-15-7-4-3-5-8-15/h3-13,27H,2,14H2,1H3,(H,24,28)/b23-13-. The number of pyridine rings is 1. The van der Waals surface area contributed by atoms with Gasteiger partial charge in [-0.1, -0.05) is 30.3 Å². The van der Waals surface area contributed by atoms with E-state index < -0.39 is 27.8 Å². The number of amides is 1. The first-order chi connectivity index (χ1) is 15.4. The molecule has 2 N–H and O–H groups in total. The number of nitrogens with zero attached hydrogens (tertiary/aromatic N) is 3. The zero-order valence-electron chi connectivity index (χ0n) is 17.1. The first-order valence-electron chi connectivity index (χ1n) is 9.61. The maximum atomic E-state index is 12.7. The third kappa shape index (κ3) is 5.17. The molecule has 1 heterocycles. The molecule has 0 aliphatic heterocycles. The monoisotopic (exact) mass is 436 g/mol. The molecule has 0 saturated carbocycles. The number of aromatic hydroxyl groups is 1. The predicted molar refractivity (Wildman–Crippen MR) is 117 cm³/mol. The summed E-state index contributed by atoms with van der Waals surface area (Å²) in [6.07, 6.45) is 2.73. The summed E-state index contributed by atoms with van der Waals surface area (Å²) in [4.78, 5) is 35.5. The second kappa shape index (κ2) is 10.0. The molecule has 10 heteroatoms. The van der Waals surface area contributed by atoms with Gasteiger partial charge in [0, 0.05) is 17.8 Å². The maximum Gasteiger partial charge on any atom is 0.315 e. The van der Waals surface area contributed by atoms with E-state index in [1.54, 1.807) is 19.2 Å². The number of hydrazone groups is 1. The number of nitro benzene ring substituents is 1. The average molecular weight is 436 g/mol. The molecule has 0 bridgehead atoms. The molecule has 32 heavy (non-hydrogen) atoms. The van der Waals surface area contributed by atoms with Crippen molar-refractivity contribution < 1.29 is 19.6 Å². The first kappa shape index (κ1) is 22.2. The van der Waals surface area contributed by atoms with E-state index in [-0.39, 0.29) is 23.5 Å². The van der Waals surface area contributed by atoms with Crippen molar-refractivity contribution in [2.75, 3.05) is 6.61 Å². The smallest absolute Gasteiger partial charge is 0.315 e. The lowest BCUT2D eigenvalue weighted by Gasteiger charge is -2.08. The van der Waals surface area contributed by atoms with Gasteiger partial charge in [0.1, 0.15) is 5.56 Å². The van der Waals surface area contributed by atoms with E-state index in [0.29, 0.717) is 6.54 Å². The fourth-order valence-electron chi connectivity index (χ4n) is 2.93. The summed E-state index contributed by atoms with van der Waals surface area (Å²) in [5.41, 5.74) is 2.21. The van der Waals surface area contributed by atoms with Crippen LogP contribution in [0.2, 0.25) is 0 Å². The normalized spacial score (nSPS) is 10.8. The van der Waals surface area contributed by atoms with Crippen LogP contribution in [0.5, 0.6) is 11.5 Å². The molecule has 3 aromatic rings. The second-order valence-electron chi connectivity index (χ2n) is 6.62. The van der Waals surface area contributed by atoms with Crippen LogP contribution in [0.1, 0.15) is 28.4 Å². The molecule has 10 nitrogen and oxygen atoms in total. The third-order valence-electron chi connectivity index (χ3n) is 4.41. The maximum absolute atomic E-state index is 12.7. The van der Waals surface area contributed by atoms with E-state index in [2.05, 4.69) is 10.5 Å². The van der Waals surface area contributed by atoms with Crippen molar-refractivity contribution in [3.05, 3.63) is 98.0 Å². The number of hydrogen-bond donors (Lipinski definition) is 2. The number of hydrogen-bond acceptors (Lipinski definition) is 7. The number of nitro groups is 1. The Labute approximate surface area is 182 Å². The Morgan fingerprint density at radius 3 is 2.69 bits per heavy atom. The van der Waals surface area contributed by atoms with Crippen LogP contribution in [0.4, 0.5) is 5.69 Å². The van der Waals surface area contributed by atoms with Crippen molar-refractivity contribution >= 4 is 17.8 Å². The van der Waals surface area contributed by atoms with E-state index in [1.165, 1.54) is 16.7 Å². The molecular formula is C22H20N4O6. The molecule has 0 unspecified atom stereocenters. The Morgan fingerprint density at radius 1 is 1.25 bits per heavy atom. The number of benzene rings is 2. The lowest BCUT2D eigenvalue weighted by Crippen LogP contribution is -2.30. The van der Waals surface area contributed by atoms with Crippen molar-refractivity contribution in [2.45, 2.75) is 13.5 Å². The van der Waals surface area contributed by atoms with Crippen molar-refractivity contribution in [1.29, 1.82) is 0 Å². The minimum absolute atomic E-state index is 0.0821. The predicted octanol–water partition coefficient (Wildman–Crippen LogP) is 2.67. The molecule has 0 atom stereocenters. The molecule has 0 fully saturated rings. The molecule has 0 saturated heterocycles. The summed E-state index contributed by atoms with van der Waals surface area (Å²) in [7, 11) is 0. The van der Waals surface area contributed by atoms with E-state index in [1.807, 2.05) is 30.3 Å². The zero-order chi connectivity index (χ0) is 23.1. The molecule has 0 spiro atoms. The van der Waals surface area contributed by atoms with Crippen LogP contribution in [0.15, 0.2) is 70.7 Å². The molecule has 1 aromatic heterocycles. The fraction of sp³-hybridized carbons (Fsp3) is 0.136. The first-order valence-corrected chi connectivity index (χ1v) is 9.61. The summed E-state index contributed by atoms with van der Waals surface area (Å²) < 4.78 is 6.60. The highest BCUT2D eigenvalue weighted by molar-refractivity contribution is 5.94. The van der Waals surface area contributed by atoms with Gasteiger partial charge in [0.2, 0.25) is 5.75 Å². The van der Waals surface area contributed by atoms with E-state index in [4.69, 9.17) is 4.74 Å². The Hall–Kier alpha value is -4.47. The van der Waals surface area contributed by atoms with Gasteiger partial charge in [0.15, 0.2) is 5.75 Å². The molecule has 0 aliphatic carbocycles. The van der Waals surface area contributed by atoms with Crippen LogP contribution >= 0.6 is 0 Å². The van der Waals surface area contributed by atoms with Crippen LogP contribution in [0.25, 0.3) is 0 Å². The Kier molecular flexibility index (Phi) is 6.96. The quantitative estimate of drug-likeness (QED) is 0.317. The molecule has 1 amide bonds. The van der Waals surface area contributed by atoms with Crippen LogP contribution in [-0.2, 0) is 6.54 Å². The molecule has 0 aliphatic rings. The number of carbonyl (C=O) groups excluding carboxylic acids is 1. The average Bonchev–Trinajstić information content (AvgIpc) is 2.77. The lowest BCUT2D eigenvalue weighted by atomic mass is 10.2. The minimum Gasteiger partial charge on any atom is -0.500 e. The molecule has 3 rings (SSSR count). The van der Waals surface area contributed by atoms with Gasteiger partial charge >= 0.3 is 5.69 Å². The topological polar surface area (TPSA) is 136 Å². The van der Waals surface area contributed by atoms with Gasteiger partial charge in [-0.15, -0.1) is 0 Å². The van der Waals surface area contributed by atoms with Gasteiger partial charge in [0.05, 0.1) is 24.3 Å². The summed E-state index contributed by atoms with van der Waals surface area (Å²) in [5.74, 6) is -1.41. The van der Waals surface area contributed by atoms with Gasteiger partial charge in [0.25, 0.3) is 11.5 Å². The SMILES string of the molecule is CCOc1cc(/C=N\NC(=O)c2cccn(Cc3ccccc3)c2=O)cc([N+](=O)[O-])c1O. The van der Waals surface area contributed by atoms with Crippen molar-refractivity contribution in [1.82, 2.24) is 9.99 Å². The highest BCUT2D eigenvalue weighted by atomic mass is 16.6. The van der Waals surface area contributed by atoms with Crippen LogP contribution in [-0.4, -0.2) is 33.3 Å². The number of rotatable bonds is 8. The van der Waals surface area contributed by atoms with E-state index >= 15 is 0 Å². The van der Waals surface area contributed by atoms with E-state index in [9.17, 15) is 24.8 Å².